The molecule has 0 atom stereocenters. The second-order valence-corrected chi connectivity index (χ2v) is 4.96. The lowest BCUT2D eigenvalue weighted by atomic mass is 9.96. The first kappa shape index (κ1) is 9.14. The maximum Gasteiger partial charge on any atom is 0.0378 e. The Morgan fingerprint density at radius 1 is 1.08 bits per heavy atom. The fourth-order valence-corrected chi connectivity index (χ4v) is 2.58. The Morgan fingerprint density at radius 2 is 1.62 bits per heavy atom. The summed E-state index contributed by atoms with van der Waals surface area (Å²) in [6.45, 7) is 2.13. The highest BCUT2D eigenvalue weighted by Crippen LogP contribution is 2.44. The van der Waals surface area contributed by atoms with E-state index in [0.717, 1.165) is 0 Å². The van der Waals surface area contributed by atoms with Gasteiger partial charge in [0.25, 0.3) is 0 Å². The summed E-state index contributed by atoms with van der Waals surface area (Å²) >= 11 is 4.80. The van der Waals surface area contributed by atoms with E-state index >= 15 is 0 Å². The zero-order valence-electron chi connectivity index (χ0n) is 8.09. The van der Waals surface area contributed by atoms with Crippen LogP contribution in [0.15, 0.2) is 24.3 Å². The van der Waals surface area contributed by atoms with Crippen molar-refractivity contribution in [1.82, 2.24) is 0 Å². The molecule has 0 heterocycles. The summed E-state index contributed by atoms with van der Waals surface area (Å²) in [5.41, 5.74) is 2.73. The highest BCUT2D eigenvalue weighted by Gasteiger charge is 2.31. The fourth-order valence-electron chi connectivity index (χ4n) is 2.11. The van der Waals surface area contributed by atoms with Crippen LogP contribution in [0.3, 0.4) is 0 Å². The van der Waals surface area contributed by atoms with Crippen LogP contribution >= 0.6 is 12.6 Å². The van der Waals surface area contributed by atoms with E-state index in [1.807, 2.05) is 0 Å². The van der Waals surface area contributed by atoms with Crippen LogP contribution in [0.1, 0.15) is 36.8 Å². The molecule has 0 nitrogen and oxygen atoms in total. The molecule has 1 aromatic rings. The van der Waals surface area contributed by atoms with E-state index in [1.165, 1.54) is 36.8 Å². The predicted octanol–water partition coefficient (Wildman–Crippen LogP) is 3.69. The molecule has 0 amide bonds. The first-order chi connectivity index (χ1) is 6.21. The van der Waals surface area contributed by atoms with Crippen LogP contribution in [-0.2, 0) is 4.75 Å². The van der Waals surface area contributed by atoms with E-state index in [2.05, 4.69) is 31.2 Å². The van der Waals surface area contributed by atoms with Gasteiger partial charge in [0.2, 0.25) is 0 Å². The van der Waals surface area contributed by atoms with Gasteiger partial charge in [-0.25, -0.2) is 0 Å². The summed E-state index contributed by atoms with van der Waals surface area (Å²) in [5.74, 6) is 0. The highest BCUT2D eigenvalue weighted by atomic mass is 32.1. The molecule has 1 heteroatoms. The lowest BCUT2D eigenvalue weighted by Gasteiger charge is -2.22. The van der Waals surface area contributed by atoms with Crippen LogP contribution in [0, 0.1) is 6.92 Å². The van der Waals surface area contributed by atoms with Gasteiger partial charge in [-0.3, -0.25) is 0 Å². The van der Waals surface area contributed by atoms with E-state index < -0.39 is 0 Å². The molecule has 13 heavy (non-hydrogen) atoms. The van der Waals surface area contributed by atoms with E-state index in [0.29, 0.717) is 0 Å². The van der Waals surface area contributed by atoms with Crippen molar-refractivity contribution < 1.29 is 0 Å². The van der Waals surface area contributed by atoms with Crippen molar-refractivity contribution in [3.63, 3.8) is 0 Å². The predicted molar refractivity (Wildman–Crippen MR) is 60.3 cm³/mol. The SMILES string of the molecule is Cc1ccc(C2(S)CCCC2)cc1. The number of hydrogen-bond donors (Lipinski definition) is 1. The molecular weight excluding hydrogens is 176 g/mol. The minimum absolute atomic E-state index is 0.174. The van der Waals surface area contributed by atoms with Gasteiger partial charge in [0, 0.05) is 4.75 Å². The summed E-state index contributed by atoms with van der Waals surface area (Å²) in [4.78, 5) is 0. The van der Waals surface area contributed by atoms with Crippen LogP contribution in [0.25, 0.3) is 0 Å². The molecule has 0 bridgehead atoms. The maximum atomic E-state index is 4.80. The fraction of sp³-hybridized carbons (Fsp3) is 0.500. The summed E-state index contributed by atoms with van der Waals surface area (Å²) < 4.78 is 0.174. The lowest BCUT2D eigenvalue weighted by molar-refractivity contribution is 0.658. The van der Waals surface area contributed by atoms with Crippen LogP contribution in [0.2, 0.25) is 0 Å². The third-order valence-corrected chi connectivity index (χ3v) is 3.73. The topological polar surface area (TPSA) is 0 Å². The van der Waals surface area contributed by atoms with Gasteiger partial charge in [-0.2, -0.15) is 12.6 Å². The lowest BCUT2D eigenvalue weighted by Crippen LogP contribution is -2.12. The molecule has 1 saturated carbocycles. The molecule has 70 valence electrons. The number of rotatable bonds is 1. The average Bonchev–Trinajstić information content (AvgIpc) is 2.54. The van der Waals surface area contributed by atoms with Gasteiger partial charge in [-0.1, -0.05) is 42.7 Å². The summed E-state index contributed by atoms with van der Waals surface area (Å²) in [7, 11) is 0. The van der Waals surface area contributed by atoms with Gasteiger partial charge < -0.3 is 0 Å². The largest absolute Gasteiger partial charge is 0.168 e. The first-order valence-corrected chi connectivity index (χ1v) is 5.45. The Balaban J connectivity index is 2.29. The molecule has 0 radical (unpaired) electrons. The highest BCUT2D eigenvalue weighted by molar-refractivity contribution is 7.81. The molecule has 0 aliphatic heterocycles. The molecule has 1 aliphatic carbocycles. The minimum Gasteiger partial charge on any atom is -0.168 e. The van der Waals surface area contributed by atoms with Crippen molar-refractivity contribution in [2.24, 2.45) is 0 Å². The number of thiol groups is 1. The normalized spacial score (nSPS) is 20.5. The molecule has 1 aromatic carbocycles. The van der Waals surface area contributed by atoms with Crippen molar-refractivity contribution in [3.8, 4) is 0 Å². The van der Waals surface area contributed by atoms with Crippen LogP contribution in [0.4, 0.5) is 0 Å². The van der Waals surface area contributed by atoms with Crippen LogP contribution in [0.5, 0.6) is 0 Å². The monoisotopic (exact) mass is 192 g/mol. The second-order valence-electron chi connectivity index (χ2n) is 4.10. The van der Waals surface area contributed by atoms with Gasteiger partial charge >= 0.3 is 0 Å². The molecule has 0 spiro atoms. The van der Waals surface area contributed by atoms with Crippen molar-refractivity contribution in [2.75, 3.05) is 0 Å². The van der Waals surface area contributed by atoms with Crippen molar-refractivity contribution >= 4 is 12.6 Å². The molecular formula is C12H16S. The zero-order chi connectivity index (χ0) is 9.31. The van der Waals surface area contributed by atoms with E-state index in [-0.39, 0.29) is 4.75 Å². The van der Waals surface area contributed by atoms with Gasteiger partial charge in [0.1, 0.15) is 0 Å². The Labute approximate surface area is 85.8 Å². The Bertz CT molecular complexity index is 280. The Morgan fingerprint density at radius 3 is 2.15 bits per heavy atom. The van der Waals surface area contributed by atoms with Gasteiger partial charge in [0.05, 0.1) is 0 Å². The third-order valence-electron chi connectivity index (χ3n) is 3.02. The van der Waals surface area contributed by atoms with E-state index in [1.54, 1.807) is 0 Å². The quantitative estimate of drug-likeness (QED) is 0.644. The molecule has 1 aliphatic rings. The van der Waals surface area contributed by atoms with Crippen molar-refractivity contribution in [3.05, 3.63) is 35.4 Å². The third kappa shape index (κ3) is 1.76. The van der Waals surface area contributed by atoms with E-state index in [4.69, 9.17) is 12.6 Å². The molecule has 2 rings (SSSR count). The average molecular weight is 192 g/mol. The first-order valence-electron chi connectivity index (χ1n) is 5.00. The molecule has 1 fully saturated rings. The summed E-state index contributed by atoms with van der Waals surface area (Å²) in [6, 6.07) is 8.83. The van der Waals surface area contributed by atoms with Gasteiger partial charge in [-0.15, -0.1) is 0 Å². The number of benzene rings is 1. The van der Waals surface area contributed by atoms with Gasteiger partial charge in [-0.05, 0) is 25.3 Å². The second kappa shape index (κ2) is 3.38. The van der Waals surface area contributed by atoms with Crippen molar-refractivity contribution in [2.45, 2.75) is 37.4 Å². The molecule has 0 saturated heterocycles. The number of aryl methyl sites for hydroxylation is 1. The summed E-state index contributed by atoms with van der Waals surface area (Å²) in [6.07, 6.45) is 5.13. The van der Waals surface area contributed by atoms with Crippen LogP contribution < -0.4 is 0 Å². The Hall–Kier alpha value is -0.430. The maximum absolute atomic E-state index is 4.80. The van der Waals surface area contributed by atoms with Crippen molar-refractivity contribution in [1.29, 1.82) is 0 Å². The standard InChI is InChI=1S/C12H16S/c1-10-4-6-11(7-5-10)12(13)8-2-3-9-12/h4-7,13H,2-3,8-9H2,1H3. The number of hydrogen-bond acceptors (Lipinski definition) is 1. The van der Waals surface area contributed by atoms with Crippen LogP contribution in [-0.4, -0.2) is 0 Å². The minimum atomic E-state index is 0.174. The Kier molecular flexibility index (Phi) is 2.37. The molecule has 0 unspecified atom stereocenters. The van der Waals surface area contributed by atoms with Gasteiger partial charge in [0.15, 0.2) is 0 Å². The molecule has 0 aromatic heterocycles. The zero-order valence-corrected chi connectivity index (χ0v) is 8.98. The smallest absolute Gasteiger partial charge is 0.0378 e. The van der Waals surface area contributed by atoms with E-state index in [9.17, 15) is 0 Å². The summed E-state index contributed by atoms with van der Waals surface area (Å²) in [5, 5.41) is 0. The molecule has 0 N–H and O–H groups in total.